The molecular weight excluding hydrogens is 244 g/mol. The molecule has 0 atom stereocenters. The fraction of sp³-hybridized carbons (Fsp3) is 0.667. The van der Waals surface area contributed by atoms with Gasteiger partial charge in [-0.3, -0.25) is 0 Å². The van der Waals surface area contributed by atoms with Gasteiger partial charge in [0.2, 0.25) is 0 Å². The van der Waals surface area contributed by atoms with Crippen LogP contribution in [0.2, 0.25) is 0 Å². The Bertz CT molecular complexity index is 410. The number of hydrogen-bond acceptors (Lipinski definition) is 2. The Morgan fingerprint density at radius 1 is 1.05 bits per heavy atom. The lowest BCUT2D eigenvalue weighted by molar-refractivity contribution is 0.372. The first-order chi connectivity index (χ1) is 9.93. The smallest absolute Gasteiger partial charge is 0.0398 e. The number of anilines is 1. The number of para-hydroxylation sites is 1. The first-order valence-electron chi connectivity index (χ1n) is 8.50. The van der Waals surface area contributed by atoms with Crippen LogP contribution in [-0.2, 0) is 6.42 Å². The van der Waals surface area contributed by atoms with Crippen molar-refractivity contribution in [2.24, 2.45) is 0 Å². The van der Waals surface area contributed by atoms with Crippen LogP contribution in [0, 0.1) is 0 Å². The summed E-state index contributed by atoms with van der Waals surface area (Å²) >= 11 is 0. The maximum atomic E-state index is 3.76. The van der Waals surface area contributed by atoms with Crippen LogP contribution in [0.3, 0.4) is 0 Å². The highest BCUT2D eigenvalue weighted by atomic mass is 15.1. The Hall–Kier alpha value is -1.02. The third kappa shape index (κ3) is 3.54. The van der Waals surface area contributed by atoms with E-state index >= 15 is 0 Å². The van der Waals surface area contributed by atoms with Gasteiger partial charge in [0.25, 0.3) is 0 Å². The van der Waals surface area contributed by atoms with Gasteiger partial charge in [-0.25, -0.2) is 0 Å². The van der Waals surface area contributed by atoms with Gasteiger partial charge >= 0.3 is 0 Å². The van der Waals surface area contributed by atoms with E-state index in [1.54, 1.807) is 5.56 Å². The quantitative estimate of drug-likeness (QED) is 0.821. The third-order valence-electron chi connectivity index (χ3n) is 4.85. The van der Waals surface area contributed by atoms with E-state index in [2.05, 4.69) is 34.5 Å². The molecule has 0 spiro atoms. The molecule has 0 aromatic heterocycles. The molecule has 1 fully saturated rings. The van der Waals surface area contributed by atoms with E-state index in [1.807, 2.05) is 0 Å². The molecule has 0 saturated heterocycles. The molecular formula is C18H28N2. The second-order valence-electron chi connectivity index (χ2n) is 6.36. The summed E-state index contributed by atoms with van der Waals surface area (Å²) < 4.78 is 0. The normalized spacial score (nSPS) is 19.9. The zero-order chi connectivity index (χ0) is 13.6. The summed E-state index contributed by atoms with van der Waals surface area (Å²) in [6.07, 6.45) is 10.9. The van der Waals surface area contributed by atoms with Crippen LogP contribution in [0.5, 0.6) is 0 Å². The van der Waals surface area contributed by atoms with Crippen LogP contribution in [0.25, 0.3) is 0 Å². The fourth-order valence-electron chi connectivity index (χ4n) is 3.73. The predicted octanol–water partition coefficient (Wildman–Crippen LogP) is 3.75. The highest BCUT2D eigenvalue weighted by Gasteiger charge is 2.16. The molecule has 1 N–H and O–H groups in total. The molecule has 1 aliphatic heterocycles. The lowest BCUT2D eigenvalue weighted by atomic mass is 9.95. The van der Waals surface area contributed by atoms with Crippen molar-refractivity contribution in [2.75, 3.05) is 24.5 Å². The summed E-state index contributed by atoms with van der Waals surface area (Å²) in [5.41, 5.74) is 3.02. The second kappa shape index (κ2) is 7.12. The maximum Gasteiger partial charge on any atom is 0.0398 e. The Balaban J connectivity index is 1.43. The lowest BCUT2D eigenvalue weighted by Crippen LogP contribution is -2.35. The SMILES string of the molecule is c1ccc2c(c1)CCCN2CCCNC1CCCCC1. The summed E-state index contributed by atoms with van der Waals surface area (Å²) in [5, 5.41) is 3.76. The number of nitrogens with zero attached hydrogens (tertiary/aromatic N) is 1. The molecule has 1 saturated carbocycles. The number of benzene rings is 1. The first-order valence-corrected chi connectivity index (χ1v) is 8.50. The van der Waals surface area contributed by atoms with Gasteiger partial charge in [-0.2, -0.15) is 0 Å². The minimum absolute atomic E-state index is 0.803. The average Bonchev–Trinajstić information content (AvgIpc) is 2.53. The number of aryl methyl sites for hydroxylation is 1. The zero-order valence-corrected chi connectivity index (χ0v) is 12.6. The molecule has 0 amide bonds. The Kier molecular flexibility index (Phi) is 4.96. The van der Waals surface area contributed by atoms with Crippen LogP contribution in [0.1, 0.15) is 50.5 Å². The van der Waals surface area contributed by atoms with Crippen molar-refractivity contribution in [2.45, 2.75) is 57.4 Å². The zero-order valence-electron chi connectivity index (χ0n) is 12.6. The highest BCUT2D eigenvalue weighted by Crippen LogP contribution is 2.26. The third-order valence-corrected chi connectivity index (χ3v) is 4.85. The van der Waals surface area contributed by atoms with Crippen molar-refractivity contribution < 1.29 is 0 Å². The Morgan fingerprint density at radius 3 is 2.80 bits per heavy atom. The van der Waals surface area contributed by atoms with Crippen molar-refractivity contribution >= 4 is 5.69 Å². The van der Waals surface area contributed by atoms with Crippen LogP contribution < -0.4 is 10.2 Å². The molecule has 0 bridgehead atoms. The molecule has 1 aliphatic carbocycles. The van der Waals surface area contributed by atoms with E-state index in [0.29, 0.717) is 0 Å². The van der Waals surface area contributed by atoms with E-state index in [1.165, 1.54) is 76.7 Å². The van der Waals surface area contributed by atoms with Crippen LogP contribution >= 0.6 is 0 Å². The molecule has 20 heavy (non-hydrogen) atoms. The molecule has 2 heteroatoms. The topological polar surface area (TPSA) is 15.3 Å². The van der Waals surface area contributed by atoms with Gasteiger partial charge in [0, 0.05) is 24.8 Å². The minimum Gasteiger partial charge on any atom is -0.371 e. The van der Waals surface area contributed by atoms with Crippen molar-refractivity contribution in [3.8, 4) is 0 Å². The van der Waals surface area contributed by atoms with Crippen LogP contribution in [0.15, 0.2) is 24.3 Å². The largest absolute Gasteiger partial charge is 0.371 e. The summed E-state index contributed by atoms with van der Waals surface area (Å²) in [5.74, 6) is 0. The van der Waals surface area contributed by atoms with Gasteiger partial charge in [0.1, 0.15) is 0 Å². The van der Waals surface area contributed by atoms with Crippen LogP contribution in [0.4, 0.5) is 5.69 Å². The molecule has 0 radical (unpaired) electrons. The van der Waals surface area contributed by atoms with Crippen molar-refractivity contribution in [3.05, 3.63) is 29.8 Å². The summed E-state index contributed by atoms with van der Waals surface area (Å²) in [6.45, 7) is 3.63. The lowest BCUT2D eigenvalue weighted by Gasteiger charge is -2.31. The van der Waals surface area contributed by atoms with E-state index in [-0.39, 0.29) is 0 Å². The van der Waals surface area contributed by atoms with Crippen molar-refractivity contribution in [1.29, 1.82) is 0 Å². The van der Waals surface area contributed by atoms with E-state index in [9.17, 15) is 0 Å². The van der Waals surface area contributed by atoms with E-state index < -0.39 is 0 Å². The monoisotopic (exact) mass is 272 g/mol. The van der Waals surface area contributed by atoms with Gasteiger partial charge < -0.3 is 10.2 Å². The average molecular weight is 272 g/mol. The molecule has 0 unspecified atom stereocenters. The van der Waals surface area contributed by atoms with Gasteiger partial charge in [-0.05, 0) is 50.3 Å². The van der Waals surface area contributed by atoms with Crippen LogP contribution in [-0.4, -0.2) is 25.7 Å². The fourth-order valence-corrected chi connectivity index (χ4v) is 3.73. The van der Waals surface area contributed by atoms with E-state index in [0.717, 1.165) is 6.04 Å². The molecule has 2 nitrogen and oxygen atoms in total. The van der Waals surface area contributed by atoms with Gasteiger partial charge in [0.15, 0.2) is 0 Å². The molecule has 1 aromatic carbocycles. The molecule has 1 heterocycles. The summed E-state index contributed by atoms with van der Waals surface area (Å²) in [4.78, 5) is 2.58. The number of hydrogen-bond donors (Lipinski definition) is 1. The standard InChI is InChI=1S/C18H28N2/c1-2-10-17(11-3-1)19-13-7-15-20-14-6-9-16-8-4-5-12-18(16)20/h4-5,8,12,17,19H,1-3,6-7,9-11,13-15H2. The van der Waals surface area contributed by atoms with E-state index in [4.69, 9.17) is 0 Å². The van der Waals surface area contributed by atoms with Crippen molar-refractivity contribution in [3.63, 3.8) is 0 Å². The molecule has 110 valence electrons. The Labute approximate surface area is 123 Å². The highest BCUT2D eigenvalue weighted by molar-refractivity contribution is 5.55. The predicted molar refractivity (Wildman–Crippen MR) is 86.5 cm³/mol. The van der Waals surface area contributed by atoms with Crippen molar-refractivity contribution in [1.82, 2.24) is 5.32 Å². The van der Waals surface area contributed by atoms with Gasteiger partial charge in [-0.15, -0.1) is 0 Å². The minimum atomic E-state index is 0.803. The molecule has 2 aliphatic rings. The first kappa shape index (κ1) is 13.9. The number of nitrogens with one attached hydrogen (secondary N) is 1. The van der Waals surface area contributed by atoms with Gasteiger partial charge in [-0.1, -0.05) is 37.5 Å². The number of rotatable bonds is 5. The maximum absolute atomic E-state index is 3.76. The second-order valence-corrected chi connectivity index (χ2v) is 6.36. The van der Waals surface area contributed by atoms with Gasteiger partial charge in [0.05, 0.1) is 0 Å². The summed E-state index contributed by atoms with van der Waals surface area (Å²) in [7, 11) is 0. The Morgan fingerprint density at radius 2 is 1.90 bits per heavy atom. The summed E-state index contributed by atoms with van der Waals surface area (Å²) in [6, 6.07) is 9.74. The number of fused-ring (bicyclic) bond motifs is 1. The molecule has 1 aromatic rings. The molecule has 3 rings (SSSR count).